The van der Waals surface area contributed by atoms with Crippen molar-refractivity contribution in [1.82, 2.24) is 10.3 Å². The van der Waals surface area contributed by atoms with Gasteiger partial charge in [-0.15, -0.1) is 22.7 Å². The van der Waals surface area contributed by atoms with Crippen LogP contribution in [0, 0.1) is 0 Å². The molecule has 0 unspecified atom stereocenters. The Morgan fingerprint density at radius 1 is 1.08 bits per heavy atom. The van der Waals surface area contributed by atoms with Crippen LogP contribution in [0.2, 0.25) is 0 Å². The Labute approximate surface area is 148 Å². The zero-order chi connectivity index (χ0) is 16.5. The van der Waals surface area contributed by atoms with Crippen LogP contribution in [0.3, 0.4) is 0 Å². The smallest absolute Gasteiger partial charge is 0.261 e. The Hall–Kier alpha value is -1.76. The van der Waals surface area contributed by atoms with Gasteiger partial charge in [0.05, 0.1) is 20.0 Å². The number of para-hydroxylation sites is 1. The first-order chi connectivity index (χ1) is 11.7. The van der Waals surface area contributed by atoms with Crippen LogP contribution in [0.1, 0.15) is 35.4 Å². The van der Waals surface area contributed by atoms with Crippen molar-refractivity contribution >= 4 is 38.8 Å². The summed E-state index contributed by atoms with van der Waals surface area (Å²) in [6.45, 7) is 0. The molecule has 4 rings (SSSR count). The second-order valence-electron chi connectivity index (χ2n) is 6.24. The van der Waals surface area contributed by atoms with Gasteiger partial charge in [0.15, 0.2) is 0 Å². The number of carbonyl (C=O) groups excluding carboxylic acids is 1. The van der Waals surface area contributed by atoms with Gasteiger partial charge in [0.1, 0.15) is 5.01 Å². The molecule has 3 aromatic rings. The zero-order valence-electron chi connectivity index (χ0n) is 13.2. The third-order valence-electron chi connectivity index (χ3n) is 4.44. The fourth-order valence-electron chi connectivity index (χ4n) is 3.07. The Kier molecular flexibility index (Phi) is 4.35. The lowest BCUT2D eigenvalue weighted by Crippen LogP contribution is -2.40. The van der Waals surface area contributed by atoms with Gasteiger partial charge in [-0.25, -0.2) is 4.98 Å². The first-order valence-corrected chi connectivity index (χ1v) is 9.84. The summed E-state index contributed by atoms with van der Waals surface area (Å²) in [5, 5.41) is 4.12. The third-order valence-corrected chi connectivity index (χ3v) is 6.73. The lowest BCUT2D eigenvalue weighted by Gasteiger charge is -2.26. The van der Waals surface area contributed by atoms with Gasteiger partial charge < -0.3 is 11.1 Å². The molecule has 0 spiro atoms. The van der Waals surface area contributed by atoms with E-state index in [2.05, 4.69) is 16.4 Å². The molecule has 1 aliphatic rings. The molecular weight excluding hydrogens is 338 g/mol. The van der Waals surface area contributed by atoms with Crippen LogP contribution in [0.15, 0.2) is 36.4 Å². The first kappa shape index (κ1) is 15.7. The minimum atomic E-state index is 0.0211. The van der Waals surface area contributed by atoms with Crippen molar-refractivity contribution in [2.24, 2.45) is 5.73 Å². The number of hydrogen-bond acceptors (Lipinski definition) is 5. The summed E-state index contributed by atoms with van der Waals surface area (Å²) in [7, 11) is 0. The van der Waals surface area contributed by atoms with Gasteiger partial charge in [-0.2, -0.15) is 0 Å². The number of benzene rings is 1. The molecule has 6 heteroatoms. The second-order valence-corrected chi connectivity index (χ2v) is 8.35. The normalized spacial score (nSPS) is 21.0. The topological polar surface area (TPSA) is 68.0 Å². The van der Waals surface area contributed by atoms with E-state index in [9.17, 15) is 4.79 Å². The van der Waals surface area contributed by atoms with Crippen molar-refractivity contribution in [1.29, 1.82) is 0 Å². The van der Waals surface area contributed by atoms with Crippen LogP contribution in [0.4, 0.5) is 0 Å². The Balaban J connectivity index is 1.48. The number of nitrogens with one attached hydrogen (secondary N) is 1. The summed E-state index contributed by atoms with van der Waals surface area (Å²) in [5.41, 5.74) is 6.93. The van der Waals surface area contributed by atoms with Gasteiger partial charge in [-0.1, -0.05) is 12.1 Å². The van der Waals surface area contributed by atoms with E-state index in [1.165, 1.54) is 16.0 Å². The maximum absolute atomic E-state index is 12.5. The number of hydrogen-bond donors (Lipinski definition) is 2. The second kappa shape index (κ2) is 6.63. The molecule has 124 valence electrons. The Bertz CT molecular complexity index is 829. The summed E-state index contributed by atoms with van der Waals surface area (Å²) in [6.07, 6.45) is 3.94. The van der Waals surface area contributed by atoms with E-state index < -0.39 is 0 Å². The summed E-state index contributed by atoms with van der Waals surface area (Å²) < 4.78 is 1.17. The van der Waals surface area contributed by atoms with E-state index in [1.807, 2.05) is 30.3 Å². The largest absolute Gasteiger partial charge is 0.349 e. The van der Waals surface area contributed by atoms with Crippen molar-refractivity contribution in [3.8, 4) is 9.88 Å². The highest BCUT2D eigenvalue weighted by atomic mass is 32.1. The predicted molar refractivity (Wildman–Crippen MR) is 101 cm³/mol. The molecule has 3 N–H and O–H groups in total. The molecule has 1 saturated carbocycles. The molecule has 1 fully saturated rings. The van der Waals surface area contributed by atoms with Crippen LogP contribution >= 0.6 is 22.7 Å². The minimum absolute atomic E-state index is 0.0211. The Morgan fingerprint density at radius 2 is 1.88 bits per heavy atom. The molecule has 0 radical (unpaired) electrons. The van der Waals surface area contributed by atoms with Gasteiger partial charge in [-0.05, 0) is 49.9 Å². The van der Waals surface area contributed by atoms with E-state index in [4.69, 9.17) is 5.73 Å². The molecule has 1 amide bonds. The van der Waals surface area contributed by atoms with E-state index >= 15 is 0 Å². The van der Waals surface area contributed by atoms with Crippen LogP contribution in [-0.4, -0.2) is 23.0 Å². The van der Waals surface area contributed by atoms with E-state index in [0.29, 0.717) is 6.04 Å². The first-order valence-electron chi connectivity index (χ1n) is 8.21. The number of rotatable bonds is 3. The lowest BCUT2D eigenvalue weighted by molar-refractivity contribution is 0.0930. The number of thiophene rings is 1. The van der Waals surface area contributed by atoms with Crippen molar-refractivity contribution in [2.75, 3.05) is 0 Å². The third kappa shape index (κ3) is 3.22. The lowest BCUT2D eigenvalue weighted by atomic mass is 9.92. The molecule has 0 bridgehead atoms. The molecule has 1 aliphatic carbocycles. The number of nitrogens with zero attached hydrogens (tertiary/aromatic N) is 1. The molecule has 24 heavy (non-hydrogen) atoms. The van der Waals surface area contributed by atoms with Gasteiger partial charge in [-0.3, -0.25) is 4.79 Å². The van der Waals surface area contributed by atoms with Gasteiger partial charge in [0.2, 0.25) is 0 Å². The van der Waals surface area contributed by atoms with Crippen molar-refractivity contribution in [3.63, 3.8) is 0 Å². The molecule has 0 atom stereocenters. The van der Waals surface area contributed by atoms with E-state index in [0.717, 1.165) is 46.0 Å². The highest BCUT2D eigenvalue weighted by molar-refractivity contribution is 7.26. The highest BCUT2D eigenvalue weighted by Gasteiger charge is 2.21. The van der Waals surface area contributed by atoms with Crippen LogP contribution < -0.4 is 11.1 Å². The van der Waals surface area contributed by atoms with Crippen molar-refractivity contribution in [3.05, 3.63) is 41.3 Å². The van der Waals surface area contributed by atoms with Gasteiger partial charge in [0.25, 0.3) is 5.91 Å². The number of thiazole rings is 1. The number of carbonyl (C=O) groups is 1. The number of aromatic nitrogens is 1. The maximum atomic E-state index is 12.5. The molecule has 1 aromatic carbocycles. The predicted octanol–water partition coefficient (Wildman–Crippen LogP) is 4.02. The standard InChI is InChI=1S/C18H19N3OS2/c19-11-5-7-12(8-6-11)20-17(22)15-9-10-16(23-15)18-21-13-3-1-2-4-14(13)24-18/h1-4,9-12H,5-8,19H2,(H,20,22). The van der Waals surface area contributed by atoms with Gasteiger partial charge in [0, 0.05) is 12.1 Å². The molecule has 2 aromatic heterocycles. The van der Waals surface area contributed by atoms with Crippen LogP contribution in [0.25, 0.3) is 20.1 Å². The maximum Gasteiger partial charge on any atom is 0.261 e. The number of fused-ring (bicyclic) bond motifs is 1. The fourth-order valence-corrected chi connectivity index (χ4v) is 5.00. The SMILES string of the molecule is NC1CCC(NC(=O)c2ccc(-c3nc4ccccc4s3)s2)CC1. The van der Waals surface area contributed by atoms with Crippen LogP contribution in [-0.2, 0) is 0 Å². The average Bonchev–Trinajstić information content (AvgIpc) is 3.23. The number of amides is 1. The molecule has 4 nitrogen and oxygen atoms in total. The summed E-state index contributed by atoms with van der Waals surface area (Å²) in [6, 6.07) is 12.6. The molecule has 2 heterocycles. The van der Waals surface area contributed by atoms with Gasteiger partial charge >= 0.3 is 0 Å². The van der Waals surface area contributed by atoms with Crippen molar-refractivity contribution in [2.45, 2.75) is 37.8 Å². The summed E-state index contributed by atoms with van der Waals surface area (Å²) in [5.74, 6) is 0.0211. The molecule has 0 aliphatic heterocycles. The monoisotopic (exact) mass is 357 g/mol. The quantitative estimate of drug-likeness (QED) is 0.744. The van der Waals surface area contributed by atoms with Crippen molar-refractivity contribution < 1.29 is 4.79 Å². The fraction of sp³-hybridized carbons (Fsp3) is 0.333. The highest BCUT2D eigenvalue weighted by Crippen LogP contribution is 2.34. The molecule has 0 saturated heterocycles. The average molecular weight is 358 g/mol. The zero-order valence-corrected chi connectivity index (χ0v) is 14.8. The Morgan fingerprint density at radius 3 is 2.67 bits per heavy atom. The number of nitrogens with two attached hydrogens (primary N) is 1. The van der Waals surface area contributed by atoms with E-state index in [-0.39, 0.29) is 11.9 Å². The van der Waals surface area contributed by atoms with E-state index in [1.54, 1.807) is 11.3 Å². The minimum Gasteiger partial charge on any atom is -0.349 e. The summed E-state index contributed by atoms with van der Waals surface area (Å²) >= 11 is 3.17. The molecular formula is C18H19N3OS2. The van der Waals surface area contributed by atoms with Crippen LogP contribution in [0.5, 0.6) is 0 Å². The summed E-state index contributed by atoms with van der Waals surface area (Å²) in [4.78, 5) is 18.9.